The van der Waals surface area contributed by atoms with E-state index in [0.717, 1.165) is 24.0 Å². The minimum Gasteiger partial charge on any atom is -0.369 e. The standard InChI is InChI=1S/C9H12F3N3S/c1-2-16-4-3-14-8-7(9(10,11)12)5-13-6-15-8/h5-6H,2-4H2,1H3,(H,13,14,15). The fraction of sp³-hybridized carbons (Fsp3) is 0.556. The van der Waals surface area contributed by atoms with Crippen molar-refractivity contribution in [2.75, 3.05) is 23.4 Å². The van der Waals surface area contributed by atoms with Crippen molar-refractivity contribution in [2.24, 2.45) is 0 Å². The predicted octanol–water partition coefficient (Wildman–Crippen LogP) is 2.66. The maximum Gasteiger partial charge on any atom is 0.421 e. The SMILES string of the molecule is CCSCCNc1ncncc1C(F)(F)F. The number of nitrogens with zero attached hydrogens (tertiary/aromatic N) is 2. The Bertz CT molecular complexity index is 330. The van der Waals surface area contributed by atoms with Gasteiger partial charge in [-0.15, -0.1) is 0 Å². The molecule has 0 aliphatic heterocycles. The topological polar surface area (TPSA) is 37.8 Å². The summed E-state index contributed by atoms with van der Waals surface area (Å²) in [4.78, 5) is 6.97. The van der Waals surface area contributed by atoms with Gasteiger partial charge in [-0.3, -0.25) is 0 Å². The summed E-state index contributed by atoms with van der Waals surface area (Å²) < 4.78 is 37.5. The molecule has 1 N–H and O–H groups in total. The van der Waals surface area contributed by atoms with Crippen LogP contribution in [0.3, 0.4) is 0 Å². The van der Waals surface area contributed by atoms with Gasteiger partial charge in [0.2, 0.25) is 0 Å². The van der Waals surface area contributed by atoms with Crippen LogP contribution in [0, 0.1) is 0 Å². The van der Waals surface area contributed by atoms with Crippen LogP contribution in [-0.4, -0.2) is 28.0 Å². The molecule has 0 spiro atoms. The van der Waals surface area contributed by atoms with E-state index in [9.17, 15) is 13.2 Å². The van der Waals surface area contributed by atoms with E-state index >= 15 is 0 Å². The Hall–Kier alpha value is -0.980. The first-order chi connectivity index (χ1) is 7.55. The van der Waals surface area contributed by atoms with E-state index in [4.69, 9.17) is 0 Å². The third kappa shape index (κ3) is 3.88. The monoisotopic (exact) mass is 251 g/mol. The van der Waals surface area contributed by atoms with E-state index in [1.165, 1.54) is 0 Å². The largest absolute Gasteiger partial charge is 0.421 e. The van der Waals surface area contributed by atoms with Crippen molar-refractivity contribution < 1.29 is 13.2 Å². The lowest BCUT2D eigenvalue weighted by atomic mass is 10.3. The van der Waals surface area contributed by atoms with Crippen molar-refractivity contribution >= 4 is 17.6 Å². The zero-order valence-electron chi connectivity index (χ0n) is 8.71. The molecule has 7 heteroatoms. The smallest absolute Gasteiger partial charge is 0.369 e. The molecule has 1 aromatic heterocycles. The number of hydrogen-bond donors (Lipinski definition) is 1. The van der Waals surface area contributed by atoms with Crippen molar-refractivity contribution in [3.63, 3.8) is 0 Å². The van der Waals surface area contributed by atoms with Crippen molar-refractivity contribution in [1.82, 2.24) is 9.97 Å². The summed E-state index contributed by atoms with van der Waals surface area (Å²) >= 11 is 1.65. The average Bonchev–Trinajstić information content (AvgIpc) is 2.24. The Kier molecular flexibility index (Phi) is 4.85. The molecule has 0 bridgehead atoms. The van der Waals surface area contributed by atoms with E-state index in [2.05, 4.69) is 15.3 Å². The van der Waals surface area contributed by atoms with Gasteiger partial charge in [-0.05, 0) is 5.75 Å². The third-order valence-electron chi connectivity index (χ3n) is 1.76. The van der Waals surface area contributed by atoms with Crippen LogP contribution in [-0.2, 0) is 6.18 Å². The maximum absolute atomic E-state index is 12.5. The normalized spacial score (nSPS) is 11.5. The van der Waals surface area contributed by atoms with Crippen LogP contribution in [0.5, 0.6) is 0 Å². The lowest BCUT2D eigenvalue weighted by Crippen LogP contribution is -2.14. The minimum atomic E-state index is -4.42. The quantitative estimate of drug-likeness (QED) is 0.816. The van der Waals surface area contributed by atoms with Crippen LogP contribution in [0.4, 0.5) is 19.0 Å². The number of rotatable bonds is 5. The maximum atomic E-state index is 12.5. The van der Waals surface area contributed by atoms with E-state index in [1.807, 2.05) is 6.92 Å². The number of hydrogen-bond acceptors (Lipinski definition) is 4. The Labute approximate surface area is 95.9 Å². The van der Waals surface area contributed by atoms with Crippen LogP contribution in [0.15, 0.2) is 12.5 Å². The number of halogens is 3. The van der Waals surface area contributed by atoms with Gasteiger partial charge >= 0.3 is 6.18 Å². The summed E-state index contributed by atoms with van der Waals surface area (Å²) in [7, 11) is 0. The molecule has 16 heavy (non-hydrogen) atoms. The summed E-state index contributed by atoms with van der Waals surface area (Å²) in [5, 5.41) is 2.66. The summed E-state index contributed by atoms with van der Waals surface area (Å²) in [6.45, 7) is 2.45. The van der Waals surface area contributed by atoms with E-state index < -0.39 is 11.7 Å². The number of anilines is 1. The molecule has 1 rings (SSSR count). The Balaban J connectivity index is 2.65. The van der Waals surface area contributed by atoms with Gasteiger partial charge < -0.3 is 5.32 Å². The Morgan fingerprint density at radius 3 is 2.81 bits per heavy atom. The fourth-order valence-corrected chi connectivity index (χ4v) is 1.60. The number of aromatic nitrogens is 2. The lowest BCUT2D eigenvalue weighted by molar-refractivity contribution is -0.137. The molecule has 1 heterocycles. The van der Waals surface area contributed by atoms with Crippen LogP contribution < -0.4 is 5.32 Å². The highest BCUT2D eigenvalue weighted by Crippen LogP contribution is 2.32. The van der Waals surface area contributed by atoms with Crippen molar-refractivity contribution in [3.05, 3.63) is 18.1 Å². The molecule has 0 atom stereocenters. The molecule has 3 nitrogen and oxygen atoms in total. The van der Waals surface area contributed by atoms with Crippen LogP contribution in [0.2, 0.25) is 0 Å². The predicted molar refractivity (Wildman–Crippen MR) is 58.5 cm³/mol. The second-order valence-electron chi connectivity index (χ2n) is 2.91. The Morgan fingerprint density at radius 2 is 2.19 bits per heavy atom. The van der Waals surface area contributed by atoms with Crippen molar-refractivity contribution in [1.29, 1.82) is 0 Å². The first kappa shape index (κ1) is 13.1. The van der Waals surface area contributed by atoms with E-state index in [-0.39, 0.29) is 5.82 Å². The molecule has 0 saturated heterocycles. The van der Waals surface area contributed by atoms with Gasteiger partial charge in [0.1, 0.15) is 17.7 Å². The average molecular weight is 251 g/mol. The van der Waals surface area contributed by atoms with Crippen LogP contribution >= 0.6 is 11.8 Å². The molecular formula is C9H12F3N3S. The highest BCUT2D eigenvalue weighted by molar-refractivity contribution is 7.99. The molecule has 0 radical (unpaired) electrons. The molecule has 0 amide bonds. The zero-order valence-corrected chi connectivity index (χ0v) is 9.53. The molecule has 90 valence electrons. The lowest BCUT2D eigenvalue weighted by Gasteiger charge is -2.12. The molecule has 0 aromatic carbocycles. The third-order valence-corrected chi connectivity index (χ3v) is 2.66. The first-order valence-corrected chi connectivity index (χ1v) is 5.90. The molecule has 1 aromatic rings. The highest BCUT2D eigenvalue weighted by atomic mass is 32.2. The molecule has 0 saturated carbocycles. The summed E-state index contributed by atoms with van der Waals surface area (Å²) in [6.07, 6.45) is -2.53. The van der Waals surface area contributed by atoms with Crippen LogP contribution in [0.25, 0.3) is 0 Å². The number of thioether (sulfide) groups is 1. The minimum absolute atomic E-state index is 0.154. The highest BCUT2D eigenvalue weighted by Gasteiger charge is 2.34. The zero-order chi connectivity index (χ0) is 12.0. The second kappa shape index (κ2) is 5.93. The fourth-order valence-electron chi connectivity index (χ4n) is 1.06. The van der Waals surface area contributed by atoms with Gasteiger partial charge in [-0.2, -0.15) is 24.9 Å². The first-order valence-electron chi connectivity index (χ1n) is 4.74. The number of alkyl halides is 3. The van der Waals surface area contributed by atoms with E-state index in [0.29, 0.717) is 6.54 Å². The van der Waals surface area contributed by atoms with Crippen LogP contribution in [0.1, 0.15) is 12.5 Å². The van der Waals surface area contributed by atoms with Gasteiger partial charge in [0.05, 0.1) is 0 Å². The second-order valence-corrected chi connectivity index (χ2v) is 4.30. The molecule has 0 unspecified atom stereocenters. The molecule has 0 aliphatic rings. The van der Waals surface area contributed by atoms with Gasteiger partial charge in [0.15, 0.2) is 0 Å². The number of nitrogens with one attached hydrogen (secondary N) is 1. The molecule has 0 fully saturated rings. The summed E-state index contributed by atoms with van der Waals surface area (Å²) in [5.41, 5.74) is -0.823. The van der Waals surface area contributed by atoms with Crippen molar-refractivity contribution in [3.8, 4) is 0 Å². The van der Waals surface area contributed by atoms with Gasteiger partial charge in [-0.1, -0.05) is 6.92 Å². The molecule has 0 aliphatic carbocycles. The summed E-state index contributed by atoms with van der Waals surface area (Å²) in [6, 6.07) is 0. The summed E-state index contributed by atoms with van der Waals surface area (Å²) in [5.74, 6) is 1.54. The molecular weight excluding hydrogens is 239 g/mol. The van der Waals surface area contributed by atoms with Gasteiger partial charge in [0.25, 0.3) is 0 Å². The van der Waals surface area contributed by atoms with Gasteiger partial charge in [-0.25, -0.2) is 9.97 Å². The van der Waals surface area contributed by atoms with Crippen molar-refractivity contribution in [2.45, 2.75) is 13.1 Å². The van der Waals surface area contributed by atoms with Gasteiger partial charge in [0, 0.05) is 18.5 Å². The Morgan fingerprint density at radius 1 is 1.44 bits per heavy atom. The van der Waals surface area contributed by atoms with E-state index in [1.54, 1.807) is 11.8 Å².